The molecule has 9 nitrogen and oxygen atoms in total. The summed E-state index contributed by atoms with van der Waals surface area (Å²) in [7, 11) is -3.70. The van der Waals surface area contributed by atoms with Crippen molar-refractivity contribution in [1.29, 1.82) is 0 Å². The molecule has 10 heteroatoms. The molecule has 0 saturated heterocycles. The van der Waals surface area contributed by atoms with Crippen LogP contribution in [0.2, 0.25) is 0 Å². The summed E-state index contributed by atoms with van der Waals surface area (Å²) in [6.07, 6.45) is -0.166. The Morgan fingerprint density at radius 3 is 2.26 bits per heavy atom. The SMILES string of the molecule is O=C(CCNS(=O)(=O)c1ccccc1)NNC(=O)c1ccc(COc2ccccc2)o1. The first-order chi connectivity index (χ1) is 14.9. The Balaban J connectivity index is 1.39. The van der Waals surface area contributed by atoms with E-state index in [-0.39, 0.29) is 30.2 Å². The Morgan fingerprint density at radius 2 is 1.55 bits per heavy atom. The molecule has 3 N–H and O–H groups in total. The van der Waals surface area contributed by atoms with Crippen LogP contribution < -0.4 is 20.3 Å². The minimum atomic E-state index is -3.70. The molecule has 1 aromatic heterocycles. The molecule has 0 bridgehead atoms. The molecule has 2 amide bonds. The second kappa shape index (κ2) is 10.4. The van der Waals surface area contributed by atoms with Gasteiger partial charge >= 0.3 is 5.91 Å². The molecule has 0 radical (unpaired) electrons. The molecule has 0 spiro atoms. The highest BCUT2D eigenvalue weighted by Gasteiger charge is 2.15. The quantitative estimate of drug-likeness (QED) is 0.434. The van der Waals surface area contributed by atoms with Gasteiger partial charge in [0.15, 0.2) is 5.76 Å². The maximum absolute atomic E-state index is 12.1. The number of sulfonamides is 1. The number of amides is 2. The number of carbonyl (C=O) groups is 2. The van der Waals surface area contributed by atoms with Crippen LogP contribution in [0.15, 0.2) is 82.1 Å². The number of ether oxygens (including phenoxy) is 1. The highest BCUT2D eigenvalue weighted by atomic mass is 32.2. The molecule has 0 atom stereocenters. The van der Waals surface area contributed by atoms with Gasteiger partial charge in [-0.05, 0) is 36.4 Å². The lowest BCUT2D eigenvalue weighted by Crippen LogP contribution is -2.42. The number of hydrogen-bond acceptors (Lipinski definition) is 6. The van der Waals surface area contributed by atoms with E-state index in [1.165, 1.54) is 18.2 Å². The molecule has 3 aromatic rings. The standard InChI is InChI=1S/C21H21N3O6S/c25-20(13-14-22-31(27,28)18-9-5-2-6-10-18)23-24-21(26)19-12-11-17(30-19)15-29-16-7-3-1-4-8-16/h1-12,22H,13-15H2,(H,23,25)(H,24,26). The molecule has 0 unspecified atom stereocenters. The first kappa shape index (κ1) is 22.1. The number of furan rings is 1. The Labute approximate surface area is 179 Å². The van der Waals surface area contributed by atoms with Gasteiger partial charge in [0.2, 0.25) is 15.9 Å². The van der Waals surface area contributed by atoms with Gasteiger partial charge in [-0.1, -0.05) is 36.4 Å². The average molecular weight is 443 g/mol. The van der Waals surface area contributed by atoms with Crippen LogP contribution in [-0.2, 0) is 21.4 Å². The molecule has 31 heavy (non-hydrogen) atoms. The van der Waals surface area contributed by atoms with Crippen molar-refractivity contribution in [2.75, 3.05) is 6.54 Å². The van der Waals surface area contributed by atoms with Crippen molar-refractivity contribution < 1.29 is 27.2 Å². The normalized spacial score (nSPS) is 11.0. The van der Waals surface area contributed by atoms with E-state index in [2.05, 4.69) is 15.6 Å². The van der Waals surface area contributed by atoms with Gasteiger partial charge in [-0.25, -0.2) is 13.1 Å². The predicted octanol–water partition coefficient (Wildman–Crippen LogP) is 1.99. The Hall–Kier alpha value is -3.63. The number of rotatable bonds is 9. The fourth-order valence-corrected chi connectivity index (χ4v) is 3.53. The average Bonchev–Trinajstić information content (AvgIpc) is 3.26. The molecular weight excluding hydrogens is 422 g/mol. The van der Waals surface area contributed by atoms with E-state index >= 15 is 0 Å². The summed E-state index contributed by atoms with van der Waals surface area (Å²) in [5.74, 6) is -0.111. The van der Waals surface area contributed by atoms with Gasteiger partial charge in [-0.15, -0.1) is 0 Å². The zero-order valence-corrected chi connectivity index (χ0v) is 17.2. The Morgan fingerprint density at radius 1 is 0.871 bits per heavy atom. The molecule has 0 fully saturated rings. The highest BCUT2D eigenvalue weighted by molar-refractivity contribution is 7.89. The van der Waals surface area contributed by atoms with E-state index in [9.17, 15) is 18.0 Å². The van der Waals surface area contributed by atoms with E-state index in [0.717, 1.165) is 0 Å². The molecule has 3 rings (SSSR count). The van der Waals surface area contributed by atoms with Crippen LogP contribution in [0.5, 0.6) is 5.75 Å². The van der Waals surface area contributed by atoms with Crippen LogP contribution in [0.1, 0.15) is 22.7 Å². The summed E-state index contributed by atoms with van der Waals surface area (Å²) in [6.45, 7) is 0.0197. The smallest absolute Gasteiger partial charge is 0.305 e. The number of hydrazine groups is 1. The van der Waals surface area contributed by atoms with Crippen molar-refractivity contribution in [3.63, 3.8) is 0 Å². The Bertz CT molecular complexity index is 1110. The van der Waals surface area contributed by atoms with Crippen LogP contribution in [0.25, 0.3) is 0 Å². The van der Waals surface area contributed by atoms with Crippen LogP contribution in [0.3, 0.4) is 0 Å². The Kier molecular flexibility index (Phi) is 7.41. The third-order valence-electron chi connectivity index (χ3n) is 4.02. The first-order valence-electron chi connectivity index (χ1n) is 9.34. The van der Waals surface area contributed by atoms with Crippen molar-refractivity contribution in [3.8, 4) is 5.75 Å². The van der Waals surface area contributed by atoms with Crippen molar-refractivity contribution in [2.24, 2.45) is 0 Å². The summed E-state index contributed by atoms with van der Waals surface area (Å²) in [6, 6.07) is 20.0. The lowest BCUT2D eigenvalue weighted by Gasteiger charge is -2.08. The van der Waals surface area contributed by atoms with Crippen molar-refractivity contribution in [2.45, 2.75) is 17.9 Å². The molecule has 2 aromatic carbocycles. The highest BCUT2D eigenvalue weighted by Crippen LogP contribution is 2.14. The van der Waals surface area contributed by atoms with Gasteiger partial charge in [0.1, 0.15) is 18.1 Å². The van der Waals surface area contributed by atoms with Gasteiger partial charge in [0.05, 0.1) is 4.90 Å². The molecule has 0 saturated carbocycles. The summed E-state index contributed by atoms with van der Waals surface area (Å²) in [4.78, 5) is 24.0. The molecule has 0 aliphatic rings. The predicted molar refractivity (Wildman–Crippen MR) is 111 cm³/mol. The van der Waals surface area contributed by atoms with Crippen molar-refractivity contribution in [1.82, 2.24) is 15.6 Å². The number of carbonyl (C=O) groups excluding carboxylic acids is 2. The number of benzene rings is 2. The molecular formula is C21H21N3O6S. The van der Waals surface area contributed by atoms with E-state index in [1.54, 1.807) is 36.4 Å². The zero-order valence-electron chi connectivity index (χ0n) is 16.4. The van der Waals surface area contributed by atoms with Gasteiger partial charge in [0.25, 0.3) is 0 Å². The van der Waals surface area contributed by atoms with Crippen LogP contribution in [0.4, 0.5) is 0 Å². The first-order valence-corrected chi connectivity index (χ1v) is 10.8. The van der Waals surface area contributed by atoms with Gasteiger partial charge in [0, 0.05) is 13.0 Å². The third-order valence-corrected chi connectivity index (χ3v) is 5.50. The third kappa shape index (κ3) is 6.69. The fourth-order valence-electron chi connectivity index (χ4n) is 2.48. The summed E-state index contributed by atoms with van der Waals surface area (Å²) < 4.78 is 37.4. The van der Waals surface area contributed by atoms with E-state index in [4.69, 9.17) is 9.15 Å². The number of hydrogen-bond donors (Lipinski definition) is 3. The topological polar surface area (TPSA) is 127 Å². The van der Waals surface area contributed by atoms with Crippen molar-refractivity contribution in [3.05, 3.63) is 84.3 Å². The zero-order chi connectivity index (χ0) is 22.1. The van der Waals surface area contributed by atoms with E-state index in [0.29, 0.717) is 11.5 Å². The van der Waals surface area contributed by atoms with Crippen LogP contribution in [-0.4, -0.2) is 26.8 Å². The van der Waals surface area contributed by atoms with Gasteiger partial charge < -0.3 is 9.15 Å². The van der Waals surface area contributed by atoms with Crippen LogP contribution in [0, 0.1) is 0 Å². The fraction of sp³-hybridized carbons (Fsp3) is 0.143. The summed E-state index contributed by atoms with van der Waals surface area (Å²) >= 11 is 0. The largest absolute Gasteiger partial charge is 0.486 e. The van der Waals surface area contributed by atoms with Crippen molar-refractivity contribution >= 4 is 21.8 Å². The van der Waals surface area contributed by atoms with Crippen LogP contribution >= 0.6 is 0 Å². The summed E-state index contributed by atoms with van der Waals surface area (Å²) in [5, 5.41) is 0. The monoisotopic (exact) mass is 443 g/mol. The molecule has 162 valence electrons. The van der Waals surface area contributed by atoms with E-state index < -0.39 is 21.8 Å². The van der Waals surface area contributed by atoms with Gasteiger partial charge in [-0.2, -0.15) is 0 Å². The molecule has 0 aliphatic heterocycles. The summed E-state index contributed by atoms with van der Waals surface area (Å²) in [5.41, 5.74) is 4.42. The minimum Gasteiger partial charge on any atom is -0.486 e. The lowest BCUT2D eigenvalue weighted by atomic mass is 10.3. The van der Waals surface area contributed by atoms with Gasteiger partial charge in [-0.3, -0.25) is 20.4 Å². The number of nitrogens with one attached hydrogen (secondary N) is 3. The second-order valence-electron chi connectivity index (χ2n) is 6.33. The second-order valence-corrected chi connectivity index (χ2v) is 8.10. The maximum Gasteiger partial charge on any atom is 0.305 e. The molecule has 0 aliphatic carbocycles. The minimum absolute atomic E-state index is 0.00302. The lowest BCUT2D eigenvalue weighted by molar-refractivity contribution is -0.121. The number of para-hydroxylation sites is 1. The van der Waals surface area contributed by atoms with E-state index in [1.807, 2.05) is 18.2 Å². The maximum atomic E-state index is 12.1. The molecule has 1 heterocycles.